The zero-order valence-electron chi connectivity index (χ0n) is 29.9. The Hall–Kier alpha value is -2.71. The van der Waals surface area contributed by atoms with Gasteiger partial charge in [0.15, 0.2) is 11.6 Å². The number of amides is 1. The topological polar surface area (TPSA) is 49.3 Å². The largest absolute Gasteiger partial charge is 0.505 e. The third kappa shape index (κ3) is 14.8. The van der Waals surface area contributed by atoms with E-state index in [1.165, 1.54) is 38.0 Å². The molecule has 1 fully saturated rings. The first-order valence-electron chi connectivity index (χ1n) is 16.8. The molecular weight excluding hydrogens is 596 g/mol. The predicted molar refractivity (Wildman–Crippen MR) is 184 cm³/mol. The Kier molecular flexibility index (Phi) is 20.0. The summed E-state index contributed by atoms with van der Waals surface area (Å²) in [5.74, 6) is -1.83. The van der Waals surface area contributed by atoms with Gasteiger partial charge in [0.1, 0.15) is 0 Å². The van der Waals surface area contributed by atoms with Crippen LogP contribution in [0.4, 0.5) is 22.0 Å². The van der Waals surface area contributed by atoms with Crippen LogP contribution in [0.15, 0.2) is 24.3 Å². The molecule has 46 heavy (non-hydrogen) atoms. The van der Waals surface area contributed by atoms with Crippen molar-refractivity contribution in [2.75, 3.05) is 0 Å². The van der Waals surface area contributed by atoms with Gasteiger partial charge in [-0.1, -0.05) is 40.5 Å². The number of phenolic OH excluding ortho intramolecular Hbond substituents is 1. The Labute approximate surface area is 275 Å². The first kappa shape index (κ1) is 43.3. The van der Waals surface area contributed by atoms with Gasteiger partial charge in [-0.15, -0.1) is 0 Å². The first-order valence-corrected chi connectivity index (χ1v) is 16.8. The Morgan fingerprint density at radius 3 is 1.96 bits per heavy atom. The maximum absolute atomic E-state index is 13.2. The minimum absolute atomic E-state index is 0.0332. The summed E-state index contributed by atoms with van der Waals surface area (Å²) in [6, 6.07) is 5.08. The van der Waals surface area contributed by atoms with Crippen LogP contribution in [-0.2, 0) is 11.0 Å². The van der Waals surface area contributed by atoms with E-state index in [0.717, 1.165) is 38.2 Å². The van der Waals surface area contributed by atoms with Crippen LogP contribution in [0.5, 0.6) is 5.75 Å². The molecule has 1 unspecified atom stereocenters. The number of unbranched alkanes of at least 4 members (excludes halogenated alkanes) is 1. The number of aryl methyl sites for hydroxylation is 1. The minimum atomic E-state index is -4.36. The van der Waals surface area contributed by atoms with Crippen molar-refractivity contribution in [1.82, 2.24) is 5.32 Å². The second-order valence-electron chi connectivity index (χ2n) is 12.5. The number of alkyl halides is 3. The molecule has 1 aliphatic carbocycles. The fourth-order valence-electron chi connectivity index (χ4n) is 4.53. The third-order valence-electron chi connectivity index (χ3n) is 7.64. The zero-order chi connectivity index (χ0) is 35.8. The second-order valence-corrected chi connectivity index (χ2v) is 12.5. The number of halogens is 5. The van der Waals surface area contributed by atoms with Crippen LogP contribution >= 0.6 is 0 Å². The van der Waals surface area contributed by atoms with E-state index in [4.69, 9.17) is 5.11 Å². The van der Waals surface area contributed by atoms with Crippen molar-refractivity contribution >= 4 is 18.4 Å². The predicted octanol–water partition coefficient (Wildman–Crippen LogP) is 11.1. The van der Waals surface area contributed by atoms with Crippen LogP contribution < -0.4 is 5.32 Å². The van der Waals surface area contributed by atoms with Gasteiger partial charge in [-0.2, -0.15) is 4.39 Å². The summed E-state index contributed by atoms with van der Waals surface area (Å²) in [4.78, 5) is 13.0. The van der Waals surface area contributed by atoms with Crippen molar-refractivity contribution in [3.8, 4) is 5.75 Å². The average molecular weight is 654 g/mol. The van der Waals surface area contributed by atoms with Crippen molar-refractivity contribution in [2.45, 2.75) is 133 Å². The molecule has 1 amide bonds. The van der Waals surface area contributed by atoms with E-state index >= 15 is 0 Å². The van der Waals surface area contributed by atoms with E-state index < -0.39 is 29.1 Å². The van der Waals surface area contributed by atoms with Gasteiger partial charge >= 0.3 is 173 Å². The second kappa shape index (κ2) is 21.2. The molecule has 0 bridgehead atoms. The molecule has 9 heteroatoms. The van der Waals surface area contributed by atoms with E-state index in [1.54, 1.807) is 13.8 Å². The molecule has 1 aliphatic rings. The molecule has 0 aliphatic heterocycles. The molecule has 2 aromatic rings. The maximum atomic E-state index is 13.2. The molecule has 1 saturated carbocycles. The van der Waals surface area contributed by atoms with Crippen LogP contribution in [0.25, 0.3) is 0 Å². The fourth-order valence-corrected chi connectivity index (χ4v) is 4.53. The number of hydrogen-bond donors (Lipinski definition) is 2. The van der Waals surface area contributed by atoms with Gasteiger partial charge in [0.25, 0.3) is 0 Å². The van der Waals surface area contributed by atoms with E-state index in [9.17, 15) is 26.7 Å². The number of rotatable bonds is 10. The summed E-state index contributed by atoms with van der Waals surface area (Å²) in [6.07, 6.45) is 2.66. The van der Waals surface area contributed by atoms with E-state index in [0.29, 0.717) is 34.1 Å². The van der Waals surface area contributed by atoms with Crippen molar-refractivity contribution in [2.24, 2.45) is 17.8 Å². The SMILES string of the molecule is CB=C(NC(=O)C(CCC(C)C)CC(C)C)c1ccc(C(F)(F)F)cc1C1CC1.CC.CCCC.Cc1cc(O)c(F)c(F)c1C. The van der Waals surface area contributed by atoms with Gasteiger partial charge in [0.2, 0.25) is 5.82 Å². The quantitative estimate of drug-likeness (QED) is 0.198. The molecule has 0 aromatic heterocycles. The standard InChI is InChI=1S/C23H33BF3NO.C8H8F2O.C4H10.C2H6/c1-14(2)6-7-17(12-15(3)4)22(29)28-21(24-5)19-11-10-18(23(25,26)27)13-20(19)16-8-9-16;1-4-3-6(11)8(10)7(9)5(4)2;1-3-4-2;1-2/h10-11,13-17H,6-9,12H2,1-5H3,(H,28,29);3,11H,1-2H3;3-4H2,1-2H3;1-2H3. The van der Waals surface area contributed by atoms with E-state index in [1.807, 2.05) is 20.7 Å². The number of nitrogens with one attached hydrogen (secondary N) is 1. The summed E-state index contributed by atoms with van der Waals surface area (Å²) >= 11 is 0. The minimum Gasteiger partial charge on any atom is -0.505 e. The van der Waals surface area contributed by atoms with Crippen LogP contribution in [0.2, 0.25) is 6.82 Å². The fraction of sp³-hybridized carbons (Fsp3) is 0.622. The van der Waals surface area contributed by atoms with Gasteiger partial charge in [-0.25, -0.2) is 4.39 Å². The number of carbonyl (C=O) groups excluding carboxylic acids is 1. The van der Waals surface area contributed by atoms with Crippen molar-refractivity contribution in [3.63, 3.8) is 0 Å². The smallest absolute Gasteiger partial charge is 0.200 e. The Balaban J connectivity index is 0.000000978. The molecule has 0 radical (unpaired) electrons. The van der Waals surface area contributed by atoms with Crippen LogP contribution in [0, 0.1) is 43.2 Å². The van der Waals surface area contributed by atoms with Gasteiger partial charge in [-0.05, 0) is 31.0 Å². The number of benzene rings is 2. The monoisotopic (exact) mass is 653 g/mol. The van der Waals surface area contributed by atoms with Gasteiger partial charge < -0.3 is 5.11 Å². The van der Waals surface area contributed by atoms with Crippen molar-refractivity contribution < 1.29 is 31.9 Å². The summed E-state index contributed by atoms with van der Waals surface area (Å²) in [5, 5.41) is 11.8. The van der Waals surface area contributed by atoms with Gasteiger partial charge in [0, 0.05) is 0 Å². The number of phenols is 1. The van der Waals surface area contributed by atoms with Crippen LogP contribution in [-0.4, -0.2) is 23.5 Å². The molecule has 2 N–H and O–H groups in total. The normalized spacial score (nSPS) is 13.4. The molecule has 1 atom stereocenters. The van der Waals surface area contributed by atoms with Gasteiger partial charge in [-0.3, -0.25) is 0 Å². The number of carbonyl (C=O) groups is 1. The summed E-state index contributed by atoms with van der Waals surface area (Å²) in [7, 11) is 0. The Bertz CT molecular complexity index is 1210. The van der Waals surface area contributed by atoms with Crippen molar-refractivity contribution in [3.05, 3.63) is 63.7 Å². The molecule has 0 saturated heterocycles. The van der Waals surface area contributed by atoms with E-state index in [-0.39, 0.29) is 23.3 Å². The van der Waals surface area contributed by atoms with Gasteiger partial charge in [0.05, 0.1) is 0 Å². The molecule has 3 rings (SSSR count). The average Bonchev–Trinajstić information content (AvgIpc) is 3.86. The summed E-state index contributed by atoms with van der Waals surface area (Å²) in [6.45, 7) is 23.5. The van der Waals surface area contributed by atoms with Crippen LogP contribution in [0.3, 0.4) is 0 Å². The molecule has 3 nitrogen and oxygen atoms in total. The maximum Gasteiger partial charge on any atom is 0.200 e. The van der Waals surface area contributed by atoms with E-state index in [2.05, 4.69) is 46.9 Å². The summed E-state index contributed by atoms with van der Waals surface area (Å²) < 4.78 is 64.8. The van der Waals surface area contributed by atoms with Crippen molar-refractivity contribution in [1.29, 1.82) is 0 Å². The van der Waals surface area contributed by atoms with Crippen LogP contribution in [0.1, 0.15) is 134 Å². The molecule has 2 aromatic carbocycles. The molecular formula is C37H57BF5NO2. The molecule has 0 spiro atoms. The number of hydrogen-bond acceptors (Lipinski definition) is 2. The molecule has 0 heterocycles. The molecule has 260 valence electrons. The first-order chi connectivity index (χ1) is 21.5. The Morgan fingerprint density at radius 2 is 1.52 bits per heavy atom. The third-order valence-corrected chi connectivity index (χ3v) is 7.64. The summed E-state index contributed by atoms with van der Waals surface area (Å²) in [5.41, 5.74) is 2.17. The Morgan fingerprint density at radius 1 is 0.957 bits per heavy atom. The number of aromatic hydroxyl groups is 1. The zero-order valence-corrected chi connectivity index (χ0v) is 29.9.